The molecule has 108 valence electrons. The maximum absolute atomic E-state index is 6.26. The van der Waals surface area contributed by atoms with Crippen LogP contribution in [0.4, 0.5) is 5.82 Å². The molecule has 0 amide bonds. The Labute approximate surface area is 118 Å². The molecule has 2 N–H and O–H groups in total. The normalized spacial score (nSPS) is 10.8. The van der Waals surface area contributed by atoms with E-state index in [-0.39, 0.29) is 0 Å². The van der Waals surface area contributed by atoms with Crippen molar-refractivity contribution in [3.63, 3.8) is 0 Å². The lowest BCUT2D eigenvalue weighted by molar-refractivity contribution is 0.374. The average molecular weight is 275 g/mol. The maximum Gasteiger partial charge on any atom is 0.221 e. The number of methoxy groups -OCH3 is 1. The molecule has 0 fully saturated rings. The summed E-state index contributed by atoms with van der Waals surface area (Å²) >= 11 is 0. The zero-order chi connectivity index (χ0) is 14.9. The molecule has 0 aromatic carbocycles. The van der Waals surface area contributed by atoms with E-state index in [1.165, 1.54) is 0 Å². The summed E-state index contributed by atoms with van der Waals surface area (Å²) in [6.45, 7) is 8.39. The van der Waals surface area contributed by atoms with E-state index in [1.54, 1.807) is 11.8 Å². The summed E-state index contributed by atoms with van der Waals surface area (Å²) in [5, 5.41) is 4.38. The Morgan fingerprint density at radius 3 is 2.70 bits per heavy atom. The number of allylic oxidation sites excluding steroid dienone is 1. The quantitative estimate of drug-likeness (QED) is 0.846. The van der Waals surface area contributed by atoms with Gasteiger partial charge in [-0.05, 0) is 6.92 Å². The first kappa shape index (κ1) is 14.2. The Kier molecular flexibility index (Phi) is 3.83. The van der Waals surface area contributed by atoms with Crippen LogP contribution in [0.1, 0.15) is 18.4 Å². The molecule has 0 spiro atoms. The minimum atomic E-state index is 0.621. The predicted molar refractivity (Wildman–Crippen MR) is 79.7 cm³/mol. The Morgan fingerprint density at radius 1 is 1.45 bits per heavy atom. The molecule has 0 saturated heterocycles. The molecule has 20 heavy (non-hydrogen) atoms. The maximum atomic E-state index is 6.26. The zero-order valence-electron chi connectivity index (χ0n) is 12.5. The molecular formula is C14H21N5O. The van der Waals surface area contributed by atoms with Gasteiger partial charge in [0.05, 0.1) is 18.4 Å². The SMILES string of the molecule is C=CCn1c(CC)nc(-c2c(C)nn(C)c2OC)c1N. The highest BCUT2D eigenvalue weighted by Crippen LogP contribution is 2.36. The number of aromatic nitrogens is 4. The van der Waals surface area contributed by atoms with E-state index in [0.29, 0.717) is 18.2 Å². The van der Waals surface area contributed by atoms with E-state index in [2.05, 4.69) is 23.6 Å². The number of aryl methyl sites for hydroxylation is 3. The lowest BCUT2D eigenvalue weighted by atomic mass is 10.2. The topological polar surface area (TPSA) is 70.9 Å². The lowest BCUT2D eigenvalue weighted by Gasteiger charge is -2.06. The standard InChI is InChI=1S/C14H21N5O/c1-6-8-19-10(7-2)16-12(13(19)15)11-9(3)17-18(4)14(11)20-5/h6H,1,7-8,15H2,2-5H3. The molecule has 2 rings (SSSR count). The van der Waals surface area contributed by atoms with Crippen molar-refractivity contribution in [1.29, 1.82) is 0 Å². The van der Waals surface area contributed by atoms with E-state index in [9.17, 15) is 0 Å². The Morgan fingerprint density at radius 2 is 2.15 bits per heavy atom. The number of ether oxygens (including phenoxy) is 1. The van der Waals surface area contributed by atoms with Gasteiger partial charge in [0.15, 0.2) is 0 Å². The molecule has 6 nitrogen and oxygen atoms in total. The fraction of sp³-hybridized carbons (Fsp3) is 0.429. The van der Waals surface area contributed by atoms with Crippen molar-refractivity contribution in [2.45, 2.75) is 26.8 Å². The second-order valence-corrected chi connectivity index (χ2v) is 4.61. The number of hydrogen-bond donors (Lipinski definition) is 1. The van der Waals surface area contributed by atoms with E-state index in [1.807, 2.05) is 24.6 Å². The highest BCUT2D eigenvalue weighted by molar-refractivity contribution is 5.77. The van der Waals surface area contributed by atoms with Gasteiger partial charge in [0.2, 0.25) is 5.88 Å². The third kappa shape index (κ3) is 2.07. The van der Waals surface area contributed by atoms with Gasteiger partial charge in [-0.25, -0.2) is 9.67 Å². The predicted octanol–water partition coefficient (Wildman–Crippen LogP) is 1.93. The molecule has 0 aliphatic heterocycles. The number of nitrogens with zero attached hydrogens (tertiary/aromatic N) is 4. The molecule has 0 saturated carbocycles. The van der Waals surface area contributed by atoms with Crippen LogP contribution in [0.3, 0.4) is 0 Å². The molecule has 0 aliphatic carbocycles. The van der Waals surface area contributed by atoms with Crippen LogP contribution in [0.5, 0.6) is 5.88 Å². The lowest BCUT2D eigenvalue weighted by Crippen LogP contribution is -2.05. The van der Waals surface area contributed by atoms with Gasteiger partial charge in [0.1, 0.15) is 17.3 Å². The largest absolute Gasteiger partial charge is 0.481 e. The van der Waals surface area contributed by atoms with Crippen LogP contribution in [-0.2, 0) is 20.0 Å². The summed E-state index contributed by atoms with van der Waals surface area (Å²) in [6, 6.07) is 0. The monoisotopic (exact) mass is 275 g/mol. The Bertz CT molecular complexity index is 639. The number of rotatable bonds is 5. The number of anilines is 1. The molecule has 2 aromatic heterocycles. The number of imidazole rings is 1. The first-order valence-corrected chi connectivity index (χ1v) is 6.58. The summed E-state index contributed by atoms with van der Waals surface area (Å²) in [5.41, 5.74) is 8.69. The average Bonchev–Trinajstić information content (AvgIpc) is 2.87. The summed E-state index contributed by atoms with van der Waals surface area (Å²) in [7, 11) is 3.46. The minimum absolute atomic E-state index is 0.621. The van der Waals surface area contributed by atoms with Crippen molar-refractivity contribution in [2.75, 3.05) is 12.8 Å². The second kappa shape index (κ2) is 5.40. The fourth-order valence-corrected chi connectivity index (χ4v) is 2.44. The fourth-order valence-electron chi connectivity index (χ4n) is 2.44. The van der Waals surface area contributed by atoms with Crippen molar-refractivity contribution >= 4 is 5.82 Å². The van der Waals surface area contributed by atoms with E-state index < -0.39 is 0 Å². The van der Waals surface area contributed by atoms with E-state index in [0.717, 1.165) is 29.2 Å². The van der Waals surface area contributed by atoms with Crippen LogP contribution in [-0.4, -0.2) is 26.4 Å². The molecule has 0 unspecified atom stereocenters. The van der Waals surface area contributed by atoms with Gasteiger partial charge in [0.25, 0.3) is 0 Å². The van der Waals surface area contributed by atoms with Crippen molar-refractivity contribution in [3.05, 3.63) is 24.2 Å². The number of nitrogen functional groups attached to an aromatic ring is 1. The van der Waals surface area contributed by atoms with Gasteiger partial charge in [-0.2, -0.15) is 5.10 Å². The third-order valence-electron chi connectivity index (χ3n) is 3.31. The molecule has 2 heterocycles. The molecule has 2 aromatic rings. The van der Waals surface area contributed by atoms with Crippen LogP contribution < -0.4 is 10.5 Å². The highest BCUT2D eigenvalue weighted by atomic mass is 16.5. The van der Waals surface area contributed by atoms with Crippen molar-refractivity contribution in [1.82, 2.24) is 19.3 Å². The van der Waals surface area contributed by atoms with Crippen LogP contribution >= 0.6 is 0 Å². The Hall–Kier alpha value is -2.24. The van der Waals surface area contributed by atoms with E-state index in [4.69, 9.17) is 10.5 Å². The van der Waals surface area contributed by atoms with Crippen LogP contribution in [0, 0.1) is 6.92 Å². The van der Waals surface area contributed by atoms with Gasteiger partial charge in [-0.15, -0.1) is 6.58 Å². The number of nitrogens with two attached hydrogens (primary N) is 1. The van der Waals surface area contributed by atoms with Gasteiger partial charge in [-0.1, -0.05) is 13.0 Å². The van der Waals surface area contributed by atoms with Crippen LogP contribution in [0.25, 0.3) is 11.3 Å². The summed E-state index contributed by atoms with van der Waals surface area (Å²) < 4.78 is 9.09. The summed E-state index contributed by atoms with van der Waals surface area (Å²) in [5.74, 6) is 2.22. The molecule has 0 atom stereocenters. The van der Waals surface area contributed by atoms with Crippen molar-refractivity contribution < 1.29 is 4.74 Å². The molecule has 0 aliphatic rings. The minimum Gasteiger partial charge on any atom is -0.481 e. The number of hydrogen-bond acceptors (Lipinski definition) is 4. The van der Waals surface area contributed by atoms with Crippen molar-refractivity contribution in [3.8, 4) is 17.1 Å². The molecular weight excluding hydrogens is 254 g/mol. The molecule has 0 bridgehead atoms. The van der Waals surface area contributed by atoms with E-state index >= 15 is 0 Å². The molecule has 6 heteroatoms. The second-order valence-electron chi connectivity index (χ2n) is 4.61. The summed E-state index contributed by atoms with van der Waals surface area (Å²) in [6.07, 6.45) is 2.62. The zero-order valence-corrected chi connectivity index (χ0v) is 12.5. The third-order valence-corrected chi connectivity index (χ3v) is 3.31. The highest BCUT2D eigenvalue weighted by Gasteiger charge is 2.23. The summed E-state index contributed by atoms with van der Waals surface area (Å²) in [4.78, 5) is 4.66. The first-order chi connectivity index (χ1) is 9.54. The van der Waals surface area contributed by atoms with Gasteiger partial charge >= 0.3 is 0 Å². The molecule has 0 radical (unpaired) electrons. The van der Waals surface area contributed by atoms with Crippen molar-refractivity contribution in [2.24, 2.45) is 7.05 Å². The smallest absolute Gasteiger partial charge is 0.221 e. The van der Waals surface area contributed by atoms with Crippen LogP contribution in [0.2, 0.25) is 0 Å². The van der Waals surface area contributed by atoms with Gasteiger partial charge in [-0.3, -0.25) is 0 Å². The van der Waals surface area contributed by atoms with Crippen LogP contribution in [0.15, 0.2) is 12.7 Å². The first-order valence-electron chi connectivity index (χ1n) is 6.58. The van der Waals surface area contributed by atoms with Gasteiger partial charge in [0, 0.05) is 20.0 Å². The Balaban J connectivity index is 2.67. The van der Waals surface area contributed by atoms with Gasteiger partial charge < -0.3 is 15.0 Å².